The molecule has 0 aromatic rings. The summed E-state index contributed by atoms with van der Waals surface area (Å²) in [5.41, 5.74) is 5.38. The molecular weight excluding hydrogens is 162 g/mol. The van der Waals surface area contributed by atoms with Crippen LogP contribution in [0.3, 0.4) is 0 Å². The number of rotatable bonds is 4. The maximum Gasteiger partial charge on any atom is 0.136 e. The minimum atomic E-state index is 0.357. The molecule has 76 valence electrons. The Bertz CT molecular complexity index is 167. The van der Waals surface area contributed by atoms with Crippen molar-refractivity contribution in [3.63, 3.8) is 0 Å². The van der Waals surface area contributed by atoms with Crippen molar-refractivity contribution in [1.82, 2.24) is 0 Å². The molecule has 2 nitrogen and oxygen atoms in total. The predicted molar refractivity (Wildman–Crippen MR) is 54.4 cm³/mol. The molecule has 0 bridgehead atoms. The van der Waals surface area contributed by atoms with Crippen LogP contribution >= 0.6 is 0 Å². The minimum absolute atomic E-state index is 0.357. The van der Waals surface area contributed by atoms with Gasteiger partial charge in [-0.15, -0.1) is 0 Å². The van der Waals surface area contributed by atoms with Gasteiger partial charge in [0.15, 0.2) is 0 Å². The molecule has 0 amide bonds. The smallest absolute Gasteiger partial charge is 0.136 e. The van der Waals surface area contributed by atoms with E-state index in [4.69, 9.17) is 5.73 Å². The summed E-state index contributed by atoms with van der Waals surface area (Å²) in [6.07, 6.45) is 6.34. The van der Waals surface area contributed by atoms with E-state index < -0.39 is 0 Å². The lowest BCUT2D eigenvalue weighted by Crippen LogP contribution is -2.22. The Balaban J connectivity index is 2.28. The average Bonchev–Trinajstić information content (AvgIpc) is 2.14. The van der Waals surface area contributed by atoms with E-state index in [2.05, 4.69) is 6.92 Å². The molecule has 1 saturated carbocycles. The van der Waals surface area contributed by atoms with Gasteiger partial charge < -0.3 is 5.73 Å². The molecule has 2 N–H and O–H groups in total. The van der Waals surface area contributed by atoms with Gasteiger partial charge in [-0.25, -0.2) is 0 Å². The average molecular weight is 183 g/mol. The first kappa shape index (κ1) is 10.7. The van der Waals surface area contributed by atoms with E-state index in [0.29, 0.717) is 24.7 Å². The summed E-state index contributed by atoms with van der Waals surface area (Å²) in [4.78, 5) is 11.6. The normalized spacial score (nSPS) is 28.8. The van der Waals surface area contributed by atoms with Crippen LogP contribution < -0.4 is 5.73 Å². The van der Waals surface area contributed by atoms with Crippen LogP contribution in [0.2, 0.25) is 0 Å². The molecule has 1 aliphatic rings. The van der Waals surface area contributed by atoms with E-state index in [-0.39, 0.29) is 0 Å². The van der Waals surface area contributed by atoms with E-state index >= 15 is 0 Å². The first-order valence-corrected chi connectivity index (χ1v) is 5.46. The zero-order valence-electron chi connectivity index (χ0n) is 8.59. The fourth-order valence-electron chi connectivity index (χ4n) is 2.21. The van der Waals surface area contributed by atoms with Crippen molar-refractivity contribution in [3.8, 4) is 0 Å². The second-order valence-electron chi connectivity index (χ2n) is 4.33. The second-order valence-corrected chi connectivity index (χ2v) is 4.33. The molecule has 2 atom stereocenters. The van der Waals surface area contributed by atoms with E-state index in [1.807, 2.05) is 0 Å². The van der Waals surface area contributed by atoms with Gasteiger partial charge in [-0.1, -0.05) is 19.8 Å². The third-order valence-corrected chi connectivity index (χ3v) is 3.02. The van der Waals surface area contributed by atoms with Crippen molar-refractivity contribution < 1.29 is 4.79 Å². The van der Waals surface area contributed by atoms with Crippen molar-refractivity contribution in [2.24, 2.45) is 17.6 Å². The van der Waals surface area contributed by atoms with Gasteiger partial charge in [0.05, 0.1) is 0 Å². The van der Waals surface area contributed by atoms with Gasteiger partial charge in [-0.2, -0.15) is 0 Å². The highest BCUT2D eigenvalue weighted by Crippen LogP contribution is 2.29. The molecular formula is C11H21NO. The second kappa shape index (κ2) is 5.38. The lowest BCUT2D eigenvalue weighted by molar-refractivity contribution is -0.124. The van der Waals surface area contributed by atoms with Crippen LogP contribution in [0.4, 0.5) is 0 Å². The number of ketones is 1. The highest BCUT2D eigenvalue weighted by atomic mass is 16.1. The monoisotopic (exact) mass is 183 g/mol. The molecule has 0 aromatic carbocycles. The van der Waals surface area contributed by atoms with Crippen molar-refractivity contribution >= 4 is 5.78 Å². The quantitative estimate of drug-likeness (QED) is 0.725. The third-order valence-electron chi connectivity index (χ3n) is 3.02. The lowest BCUT2D eigenvalue weighted by Gasteiger charge is -2.25. The Hall–Kier alpha value is -0.370. The molecule has 1 fully saturated rings. The van der Waals surface area contributed by atoms with Crippen molar-refractivity contribution in [2.45, 2.75) is 45.4 Å². The number of carbonyl (C=O) groups is 1. The Morgan fingerprint density at radius 2 is 2.23 bits per heavy atom. The van der Waals surface area contributed by atoms with Crippen LogP contribution in [0.1, 0.15) is 45.4 Å². The van der Waals surface area contributed by atoms with E-state index in [0.717, 1.165) is 25.2 Å². The topological polar surface area (TPSA) is 43.1 Å². The van der Waals surface area contributed by atoms with Gasteiger partial charge in [0, 0.05) is 12.3 Å². The fraction of sp³-hybridized carbons (Fsp3) is 0.909. The summed E-state index contributed by atoms with van der Waals surface area (Å²) in [6.45, 7) is 2.90. The van der Waals surface area contributed by atoms with Crippen LogP contribution in [0.25, 0.3) is 0 Å². The third kappa shape index (κ3) is 3.47. The van der Waals surface area contributed by atoms with E-state index in [1.165, 1.54) is 12.8 Å². The highest BCUT2D eigenvalue weighted by molar-refractivity contribution is 5.81. The highest BCUT2D eigenvalue weighted by Gasteiger charge is 2.23. The van der Waals surface area contributed by atoms with Crippen molar-refractivity contribution in [3.05, 3.63) is 0 Å². The molecule has 2 heteroatoms. The first-order valence-electron chi connectivity index (χ1n) is 5.46. The molecule has 1 aliphatic carbocycles. The summed E-state index contributed by atoms with van der Waals surface area (Å²) in [7, 11) is 0. The SMILES string of the molecule is CC1CCCC(C(=O)CCCN)C1. The van der Waals surface area contributed by atoms with Crippen LogP contribution in [0.15, 0.2) is 0 Å². The summed E-state index contributed by atoms with van der Waals surface area (Å²) in [6, 6.07) is 0. The summed E-state index contributed by atoms with van der Waals surface area (Å²) in [5.74, 6) is 1.56. The van der Waals surface area contributed by atoms with Crippen molar-refractivity contribution in [2.75, 3.05) is 6.54 Å². The Kier molecular flexibility index (Phi) is 4.43. The zero-order chi connectivity index (χ0) is 9.68. The number of hydrogen-bond donors (Lipinski definition) is 1. The number of carbonyl (C=O) groups excluding carboxylic acids is 1. The zero-order valence-corrected chi connectivity index (χ0v) is 8.59. The molecule has 13 heavy (non-hydrogen) atoms. The summed E-state index contributed by atoms with van der Waals surface area (Å²) < 4.78 is 0. The Labute approximate surface area is 80.9 Å². The van der Waals surface area contributed by atoms with Crippen LogP contribution in [0.5, 0.6) is 0 Å². The molecule has 0 heterocycles. The van der Waals surface area contributed by atoms with Gasteiger partial charge in [-0.3, -0.25) is 4.79 Å². The van der Waals surface area contributed by atoms with E-state index in [1.54, 1.807) is 0 Å². The molecule has 0 saturated heterocycles. The molecule has 0 spiro atoms. The largest absolute Gasteiger partial charge is 0.330 e. The fourth-order valence-corrected chi connectivity index (χ4v) is 2.21. The lowest BCUT2D eigenvalue weighted by atomic mass is 9.79. The van der Waals surface area contributed by atoms with Gasteiger partial charge >= 0.3 is 0 Å². The van der Waals surface area contributed by atoms with Crippen LogP contribution in [-0.4, -0.2) is 12.3 Å². The van der Waals surface area contributed by atoms with Crippen LogP contribution in [-0.2, 0) is 4.79 Å². The Morgan fingerprint density at radius 3 is 2.85 bits per heavy atom. The maximum absolute atomic E-state index is 11.6. The summed E-state index contributed by atoms with van der Waals surface area (Å²) in [5, 5.41) is 0. The van der Waals surface area contributed by atoms with E-state index in [9.17, 15) is 4.79 Å². The van der Waals surface area contributed by atoms with Gasteiger partial charge in [0.2, 0.25) is 0 Å². The molecule has 2 unspecified atom stereocenters. The molecule has 0 radical (unpaired) electrons. The van der Waals surface area contributed by atoms with Gasteiger partial charge in [-0.05, 0) is 31.7 Å². The standard InChI is InChI=1S/C11H21NO/c1-9-4-2-5-10(8-9)11(13)6-3-7-12/h9-10H,2-8,12H2,1H3. The minimum Gasteiger partial charge on any atom is -0.330 e. The maximum atomic E-state index is 11.6. The van der Waals surface area contributed by atoms with Gasteiger partial charge in [0.25, 0.3) is 0 Å². The number of nitrogens with two attached hydrogens (primary N) is 1. The van der Waals surface area contributed by atoms with Gasteiger partial charge in [0.1, 0.15) is 5.78 Å². The van der Waals surface area contributed by atoms with Crippen molar-refractivity contribution in [1.29, 1.82) is 0 Å². The molecule has 0 aliphatic heterocycles. The first-order chi connectivity index (χ1) is 6.24. The summed E-state index contributed by atoms with van der Waals surface area (Å²) >= 11 is 0. The van der Waals surface area contributed by atoms with Crippen LogP contribution in [0, 0.1) is 11.8 Å². The number of hydrogen-bond acceptors (Lipinski definition) is 2. The predicted octanol–water partition coefficient (Wildman–Crippen LogP) is 2.12. The molecule has 0 aromatic heterocycles. The Morgan fingerprint density at radius 1 is 1.46 bits per heavy atom. The molecule has 1 rings (SSSR count). The number of Topliss-reactive ketones (excluding diaryl/α,β-unsaturated/α-hetero) is 1.